The molecule has 5 nitrogen and oxygen atoms in total. The molecule has 2 atom stereocenters. The van der Waals surface area contributed by atoms with E-state index in [0.29, 0.717) is 12.1 Å². The van der Waals surface area contributed by atoms with Crippen molar-refractivity contribution in [2.24, 2.45) is 0 Å². The molecule has 2 aromatic rings. The number of likely N-dealkylation sites (tertiary alicyclic amines) is 1. The third-order valence-corrected chi connectivity index (χ3v) is 5.30. The van der Waals surface area contributed by atoms with Crippen molar-refractivity contribution in [3.63, 3.8) is 0 Å². The first kappa shape index (κ1) is 15.8. The number of aromatic nitrogens is 2. The summed E-state index contributed by atoms with van der Waals surface area (Å²) in [5.74, 6) is 0. The molecule has 0 N–H and O–H groups in total. The fourth-order valence-corrected chi connectivity index (χ4v) is 3.94. The van der Waals surface area contributed by atoms with Gasteiger partial charge in [0.25, 0.3) is 0 Å². The van der Waals surface area contributed by atoms with Gasteiger partial charge in [-0.2, -0.15) is 5.10 Å². The van der Waals surface area contributed by atoms with E-state index in [1.54, 1.807) is 0 Å². The first-order chi connectivity index (χ1) is 11.8. The SMILES string of the molecule is CCN1CC[C@H]2OCCN(Cc3cccc(-n4cccn4)c3)[C@H]2C1. The normalized spacial score (nSPS) is 25.5. The molecular formula is C19H26N4O. The Kier molecular flexibility index (Phi) is 4.65. The molecule has 0 saturated carbocycles. The lowest BCUT2D eigenvalue weighted by molar-refractivity contribution is -0.105. The molecule has 2 fully saturated rings. The first-order valence-corrected chi connectivity index (χ1v) is 9.00. The lowest BCUT2D eigenvalue weighted by Gasteiger charge is -2.47. The molecule has 5 heteroatoms. The van der Waals surface area contributed by atoms with Gasteiger partial charge in [0.15, 0.2) is 0 Å². The summed E-state index contributed by atoms with van der Waals surface area (Å²) in [5.41, 5.74) is 2.47. The Morgan fingerprint density at radius 1 is 1.25 bits per heavy atom. The Labute approximate surface area is 143 Å². The van der Waals surface area contributed by atoms with E-state index in [9.17, 15) is 0 Å². The summed E-state index contributed by atoms with van der Waals surface area (Å²) in [5, 5.41) is 4.34. The van der Waals surface area contributed by atoms with Crippen LogP contribution in [0.15, 0.2) is 42.7 Å². The second-order valence-corrected chi connectivity index (χ2v) is 6.75. The summed E-state index contributed by atoms with van der Waals surface area (Å²) < 4.78 is 7.96. The highest BCUT2D eigenvalue weighted by Crippen LogP contribution is 2.25. The zero-order chi connectivity index (χ0) is 16.4. The third kappa shape index (κ3) is 3.24. The molecule has 2 saturated heterocycles. The van der Waals surface area contributed by atoms with Gasteiger partial charge in [0.2, 0.25) is 0 Å². The van der Waals surface area contributed by atoms with Crippen molar-refractivity contribution in [2.45, 2.75) is 32.0 Å². The van der Waals surface area contributed by atoms with E-state index in [1.807, 2.05) is 23.1 Å². The fourth-order valence-electron chi connectivity index (χ4n) is 3.94. The quantitative estimate of drug-likeness (QED) is 0.862. The zero-order valence-electron chi connectivity index (χ0n) is 14.3. The van der Waals surface area contributed by atoms with E-state index in [1.165, 1.54) is 12.1 Å². The topological polar surface area (TPSA) is 33.5 Å². The van der Waals surface area contributed by atoms with Crippen molar-refractivity contribution in [3.8, 4) is 5.69 Å². The molecule has 1 aromatic carbocycles. The highest BCUT2D eigenvalue weighted by molar-refractivity contribution is 5.35. The molecular weight excluding hydrogens is 300 g/mol. The van der Waals surface area contributed by atoms with E-state index in [2.05, 4.69) is 46.1 Å². The summed E-state index contributed by atoms with van der Waals surface area (Å²) in [6.45, 7) is 8.53. The Hall–Kier alpha value is -1.69. The smallest absolute Gasteiger partial charge is 0.0755 e. The van der Waals surface area contributed by atoms with Crippen molar-refractivity contribution < 1.29 is 4.74 Å². The van der Waals surface area contributed by atoms with Crippen LogP contribution < -0.4 is 0 Å². The minimum absolute atomic E-state index is 0.399. The maximum absolute atomic E-state index is 6.04. The van der Waals surface area contributed by atoms with Crippen LogP contribution in [0.4, 0.5) is 0 Å². The van der Waals surface area contributed by atoms with Crippen molar-refractivity contribution in [1.82, 2.24) is 19.6 Å². The molecule has 0 spiro atoms. The molecule has 4 rings (SSSR count). The van der Waals surface area contributed by atoms with Crippen LogP contribution in [0, 0.1) is 0 Å². The average molecular weight is 326 g/mol. The van der Waals surface area contributed by atoms with Gasteiger partial charge in [0.1, 0.15) is 0 Å². The van der Waals surface area contributed by atoms with Crippen LogP contribution in [0.3, 0.4) is 0 Å². The lowest BCUT2D eigenvalue weighted by atomic mass is 9.98. The molecule has 2 aliphatic rings. The molecule has 2 aliphatic heterocycles. The monoisotopic (exact) mass is 326 g/mol. The van der Waals surface area contributed by atoms with Gasteiger partial charge >= 0.3 is 0 Å². The summed E-state index contributed by atoms with van der Waals surface area (Å²) >= 11 is 0. The van der Waals surface area contributed by atoms with Crippen LogP contribution in [0.2, 0.25) is 0 Å². The molecule has 128 valence electrons. The van der Waals surface area contributed by atoms with Gasteiger partial charge in [-0.1, -0.05) is 19.1 Å². The van der Waals surface area contributed by atoms with Crippen LogP contribution >= 0.6 is 0 Å². The minimum Gasteiger partial charge on any atom is -0.375 e. The molecule has 0 unspecified atom stereocenters. The molecule has 1 aromatic heterocycles. The largest absolute Gasteiger partial charge is 0.375 e. The van der Waals surface area contributed by atoms with Gasteiger partial charge in [0.05, 0.1) is 18.4 Å². The van der Waals surface area contributed by atoms with Crippen LogP contribution in [0.5, 0.6) is 0 Å². The number of hydrogen-bond acceptors (Lipinski definition) is 4. The number of fused-ring (bicyclic) bond motifs is 1. The number of rotatable bonds is 4. The minimum atomic E-state index is 0.399. The second kappa shape index (κ2) is 7.05. The summed E-state index contributed by atoms with van der Waals surface area (Å²) in [6, 6.07) is 11.2. The molecule has 3 heterocycles. The number of ether oxygens (including phenoxy) is 1. The number of morpholine rings is 1. The van der Waals surface area contributed by atoms with Crippen molar-refractivity contribution in [1.29, 1.82) is 0 Å². The number of piperidine rings is 1. The number of nitrogens with zero attached hydrogens (tertiary/aromatic N) is 4. The zero-order valence-corrected chi connectivity index (χ0v) is 14.3. The molecule has 0 bridgehead atoms. The summed E-state index contributed by atoms with van der Waals surface area (Å²) in [7, 11) is 0. The summed E-state index contributed by atoms with van der Waals surface area (Å²) in [6.07, 6.45) is 5.36. The standard InChI is InChI=1S/C19H26N4O/c1-2-21-10-7-19-18(15-21)22(11-12-24-19)14-16-5-3-6-17(13-16)23-9-4-8-20-23/h3-6,8-9,13,18-19H,2,7,10-12,14-15H2,1H3/t18-,19+/m0/s1. The van der Waals surface area contributed by atoms with E-state index in [4.69, 9.17) is 4.74 Å². The predicted octanol–water partition coefficient (Wildman–Crippen LogP) is 2.17. The van der Waals surface area contributed by atoms with E-state index in [-0.39, 0.29) is 0 Å². The Morgan fingerprint density at radius 3 is 3.04 bits per heavy atom. The van der Waals surface area contributed by atoms with Gasteiger partial charge in [-0.15, -0.1) is 0 Å². The van der Waals surface area contributed by atoms with E-state index < -0.39 is 0 Å². The first-order valence-electron chi connectivity index (χ1n) is 9.00. The predicted molar refractivity (Wildman–Crippen MR) is 94.2 cm³/mol. The Bertz CT molecular complexity index is 657. The third-order valence-electron chi connectivity index (χ3n) is 5.30. The van der Waals surface area contributed by atoms with Gasteiger partial charge in [-0.3, -0.25) is 4.90 Å². The number of likely N-dealkylation sites (N-methyl/N-ethyl adjacent to an activating group) is 1. The van der Waals surface area contributed by atoms with Crippen LogP contribution in [0.25, 0.3) is 5.69 Å². The second-order valence-electron chi connectivity index (χ2n) is 6.75. The fraction of sp³-hybridized carbons (Fsp3) is 0.526. The molecule has 24 heavy (non-hydrogen) atoms. The summed E-state index contributed by atoms with van der Waals surface area (Å²) in [4.78, 5) is 5.15. The van der Waals surface area contributed by atoms with Crippen molar-refractivity contribution in [3.05, 3.63) is 48.3 Å². The Balaban J connectivity index is 1.50. The van der Waals surface area contributed by atoms with Crippen LogP contribution in [-0.2, 0) is 11.3 Å². The van der Waals surface area contributed by atoms with Gasteiger partial charge < -0.3 is 9.64 Å². The highest BCUT2D eigenvalue weighted by Gasteiger charge is 2.36. The Morgan fingerprint density at radius 2 is 2.21 bits per heavy atom. The maximum atomic E-state index is 6.04. The van der Waals surface area contributed by atoms with E-state index >= 15 is 0 Å². The maximum Gasteiger partial charge on any atom is 0.0755 e. The lowest BCUT2D eigenvalue weighted by Crippen LogP contribution is -2.59. The van der Waals surface area contributed by atoms with Crippen LogP contribution in [-0.4, -0.2) is 64.5 Å². The molecule has 0 aliphatic carbocycles. The average Bonchev–Trinajstić information content (AvgIpc) is 3.17. The molecule has 0 amide bonds. The van der Waals surface area contributed by atoms with Gasteiger partial charge in [0, 0.05) is 44.6 Å². The van der Waals surface area contributed by atoms with Gasteiger partial charge in [-0.25, -0.2) is 4.68 Å². The van der Waals surface area contributed by atoms with E-state index in [0.717, 1.165) is 44.9 Å². The van der Waals surface area contributed by atoms with Crippen molar-refractivity contribution >= 4 is 0 Å². The number of hydrogen-bond donors (Lipinski definition) is 0. The van der Waals surface area contributed by atoms with Crippen LogP contribution in [0.1, 0.15) is 18.9 Å². The van der Waals surface area contributed by atoms with Crippen molar-refractivity contribution in [2.75, 3.05) is 32.8 Å². The molecule has 0 radical (unpaired) electrons. The number of benzene rings is 1. The highest BCUT2D eigenvalue weighted by atomic mass is 16.5. The van der Waals surface area contributed by atoms with Gasteiger partial charge in [-0.05, 0) is 36.7 Å².